The number of nitrogens with one attached hydrogen (secondary N) is 1. The van der Waals surface area contributed by atoms with Gasteiger partial charge in [0.25, 0.3) is 0 Å². The molecule has 0 aliphatic rings. The van der Waals surface area contributed by atoms with Gasteiger partial charge in [0, 0.05) is 16.8 Å². The van der Waals surface area contributed by atoms with Crippen LogP contribution in [-0.2, 0) is 10.0 Å². The first-order chi connectivity index (χ1) is 10.0. The van der Waals surface area contributed by atoms with E-state index in [-0.39, 0.29) is 0 Å². The van der Waals surface area contributed by atoms with Gasteiger partial charge in [0.05, 0.1) is 6.26 Å². The summed E-state index contributed by atoms with van der Waals surface area (Å²) in [7, 11) is -3.25. The van der Waals surface area contributed by atoms with E-state index in [9.17, 15) is 8.42 Å². The van der Waals surface area contributed by atoms with E-state index in [0.717, 1.165) is 17.4 Å². The normalized spacial score (nSPS) is 9.76. The zero-order valence-corrected chi connectivity index (χ0v) is 12.2. The summed E-state index contributed by atoms with van der Waals surface area (Å²) in [5.74, 6) is 11.4. The Balaban J connectivity index is 2.05. The molecule has 104 valence electrons. The Morgan fingerprint density at radius 2 is 1.33 bits per heavy atom. The standard InChI is InChI=1S/C17H13NO2S/c1-21(19,20)18-17-13-11-16(12-14-17)10-6-5-9-15-7-3-2-4-8-15/h2-4,7-8,11-14,18H,1H3. The van der Waals surface area contributed by atoms with E-state index in [4.69, 9.17) is 0 Å². The van der Waals surface area contributed by atoms with Gasteiger partial charge in [-0.1, -0.05) is 30.0 Å². The van der Waals surface area contributed by atoms with E-state index in [2.05, 4.69) is 28.4 Å². The maximum absolute atomic E-state index is 11.1. The Morgan fingerprint density at radius 3 is 1.86 bits per heavy atom. The fourth-order valence-electron chi connectivity index (χ4n) is 1.56. The smallest absolute Gasteiger partial charge is 0.229 e. The van der Waals surface area contributed by atoms with Crippen LogP contribution in [0.25, 0.3) is 0 Å². The fraction of sp³-hybridized carbons (Fsp3) is 0.0588. The lowest BCUT2D eigenvalue weighted by Gasteiger charge is -2.02. The first-order valence-corrected chi connectivity index (χ1v) is 8.07. The molecule has 0 saturated carbocycles. The molecular formula is C17H13NO2S. The van der Waals surface area contributed by atoms with Crippen LogP contribution >= 0.6 is 0 Å². The van der Waals surface area contributed by atoms with E-state index in [1.807, 2.05) is 30.3 Å². The zero-order valence-electron chi connectivity index (χ0n) is 11.4. The van der Waals surface area contributed by atoms with Gasteiger partial charge >= 0.3 is 0 Å². The van der Waals surface area contributed by atoms with Gasteiger partial charge in [0.15, 0.2) is 0 Å². The molecule has 0 aliphatic heterocycles. The highest BCUT2D eigenvalue weighted by Crippen LogP contribution is 2.09. The lowest BCUT2D eigenvalue weighted by atomic mass is 10.2. The molecule has 0 aromatic heterocycles. The van der Waals surface area contributed by atoms with Crippen molar-refractivity contribution in [3.63, 3.8) is 0 Å². The minimum Gasteiger partial charge on any atom is -0.284 e. The van der Waals surface area contributed by atoms with Gasteiger partial charge in [-0.2, -0.15) is 0 Å². The van der Waals surface area contributed by atoms with Crippen LogP contribution in [-0.4, -0.2) is 14.7 Å². The van der Waals surface area contributed by atoms with Crippen molar-refractivity contribution in [2.75, 3.05) is 11.0 Å². The molecule has 0 spiro atoms. The average molecular weight is 295 g/mol. The van der Waals surface area contributed by atoms with E-state index in [1.54, 1.807) is 24.3 Å². The topological polar surface area (TPSA) is 46.2 Å². The molecule has 0 atom stereocenters. The molecule has 2 aromatic rings. The molecule has 3 nitrogen and oxygen atoms in total. The summed E-state index contributed by atoms with van der Waals surface area (Å²) in [5, 5.41) is 0. The quantitative estimate of drug-likeness (QED) is 0.865. The highest BCUT2D eigenvalue weighted by atomic mass is 32.2. The van der Waals surface area contributed by atoms with Crippen molar-refractivity contribution < 1.29 is 8.42 Å². The van der Waals surface area contributed by atoms with Crippen LogP contribution in [0.1, 0.15) is 11.1 Å². The SMILES string of the molecule is CS(=O)(=O)Nc1ccc(C#CC#Cc2ccccc2)cc1. The molecule has 0 bridgehead atoms. The molecule has 0 unspecified atom stereocenters. The molecule has 0 aliphatic carbocycles. The third-order valence-corrected chi connectivity index (χ3v) is 3.04. The minimum absolute atomic E-state index is 0.512. The Bertz CT molecular complexity index is 831. The van der Waals surface area contributed by atoms with Crippen LogP contribution in [0.15, 0.2) is 54.6 Å². The Hall–Kier alpha value is -2.69. The molecule has 0 fully saturated rings. The Labute approximate surface area is 125 Å². The summed E-state index contributed by atoms with van der Waals surface area (Å²) in [6, 6.07) is 16.4. The number of anilines is 1. The number of benzene rings is 2. The highest BCUT2D eigenvalue weighted by molar-refractivity contribution is 7.92. The van der Waals surface area contributed by atoms with Gasteiger partial charge in [-0.15, -0.1) is 0 Å². The summed E-state index contributed by atoms with van der Waals surface area (Å²) >= 11 is 0. The van der Waals surface area contributed by atoms with Gasteiger partial charge in [-0.3, -0.25) is 4.72 Å². The molecule has 2 rings (SSSR count). The highest BCUT2D eigenvalue weighted by Gasteiger charge is 2.00. The summed E-state index contributed by atoms with van der Waals surface area (Å²) in [6.07, 6.45) is 1.11. The van der Waals surface area contributed by atoms with Crippen LogP contribution in [0.4, 0.5) is 5.69 Å². The summed E-state index contributed by atoms with van der Waals surface area (Å²) in [5.41, 5.74) is 2.20. The predicted molar refractivity (Wildman–Crippen MR) is 85.1 cm³/mol. The van der Waals surface area contributed by atoms with E-state index in [1.165, 1.54) is 0 Å². The Morgan fingerprint density at radius 1 is 0.810 bits per heavy atom. The predicted octanol–water partition coefficient (Wildman–Crippen LogP) is 2.46. The van der Waals surface area contributed by atoms with E-state index >= 15 is 0 Å². The second kappa shape index (κ2) is 6.65. The van der Waals surface area contributed by atoms with Crippen LogP contribution in [0.5, 0.6) is 0 Å². The summed E-state index contributed by atoms with van der Waals surface area (Å²) in [6.45, 7) is 0. The van der Waals surface area contributed by atoms with Crippen molar-refractivity contribution in [1.29, 1.82) is 0 Å². The van der Waals surface area contributed by atoms with Crippen LogP contribution in [0.3, 0.4) is 0 Å². The van der Waals surface area contributed by atoms with Crippen molar-refractivity contribution in [2.45, 2.75) is 0 Å². The molecule has 0 saturated heterocycles. The lowest BCUT2D eigenvalue weighted by Crippen LogP contribution is -2.09. The lowest BCUT2D eigenvalue weighted by molar-refractivity contribution is 0.607. The van der Waals surface area contributed by atoms with Crippen molar-refractivity contribution in [3.8, 4) is 23.7 Å². The number of rotatable bonds is 2. The third kappa shape index (κ3) is 5.44. The molecular weight excluding hydrogens is 282 g/mol. The van der Waals surface area contributed by atoms with Crippen molar-refractivity contribution in [1.82, 2.24) is 0 Å². The van der Waals surface area contributed by atoms with Gasteiger partial charge in [0.2, 0.25) is 10.0 Å². The molecule has 0 radical (unpaired) electrons. The molecule has 1 N–H and O–H groups in total. The molecule has 0 amide bonds. The monoisotopic (exact) mass is 295 g/mol. The van der Waals surface area contributed by atoms with Gasteiger partial charge in [-0.05, 0) is 48.2 Å². The van der Waals surface area contributed by atoms with Crippen LogP contribution in [0.2, 0.25) is 0 Å². The molecule has 21 heavy (non-hydrogen) atoms. The molecule has 4 heteroatoms. The van der Waals surface area contributed by atoms with Crippen molar-refractivity contribution in [2.24, 2.45) is 0 Å². The average Bonchev–Trinajstić information content (AvgIpc) is 2.45. The van der Waals surface area contributed by atoms with Crippen molar-refractivity contribution >= 4 is 15.7 Å². The van der Waals surface area contributed by atoms with E-state index in [0.29, 0.717) is 5.69 Å². The molecule has 0 heterocycles. The van der Waals surface area contributed by atoms with E-state index < -0.39 is 10.0 Å². The second-order valence-electron chi connectivity index (χ2n) is 4.32. The number of hydrogen-bond acceptors (Lipinski definition) is 2. The largest absolute Gasteiger partial charge is 0.284 e. The van der Waals surface area contributed by atoms with Gasteiger partial charge in [0.1, 0.15) is 0 Å². The maximum atomic E-state index is 11.1. The van der Waals surface area contributed by atoms with Crippen LogP contribution < -0.4 is 4.72 Å². The number of hydrogen-bond donors (Lipinski definition) is 1. The first-order valence-electron chi connectivity index (χ1n) is 6.18. The third-order valence-electron chi connectivity index (χ3n) is 2.44. The first kappa shape index (κ1) is 14.7. The fourth-order valence-corrected chi connectivity index (χ4v) is 2.13. The van der Waals surface area contributed by atoms with Crippen LogP contribution in [0, 0.1) is 23.7 Å². The maximum Gasteiger partial charge on any atom is 0.229 e. The van der Waals surface area contributed by atoms with Gasteiger partial charge < -0.3 is 0 Å². The van der Waals surface area contributed by atoms with Gasteiger partial charge in [-0.25, -0.2) is 8.42 Å². The Kier molecular flexibility index (Phi) is 4.66. The molecule has 2 aromatic carbocycles. The second-order valence-corrected chi connectivity index (χ2v) is 6.07. The number of sulfonamides is 1. The summed E-state index contributed by atoms with van der Waals surface area (Å²) in [4.78, 5) is 0. The summed E-state index contributed by atoms with van der Waals surface area (Å²) < 4.78 is 24.5. The van der Waals surface area contributed by atoms with Crippen molar-refractivity contribution in [3.05, 3.63) is 65.7 Å². The zero-order chi connectivity index (χ0) is 15.1. The minimum atomic E-state index is -3.25.